The van der Waals surface area contributed by atoms with Crippen molar-refractivity contribution in [2.24, 2.45) is 35.8 Å². The van der Waals surface area contributed by atoms with Crippen LogP contribution < -0.4 is 0 Å². The Kier molecular flexibility index (Phi) is 29.4. The number of nitrogens with zero attached hydrogens (tertiary/aromatic N) is 5. The van der Waals surface area contributed by atoms with E-state index in [0.29, 0.717) is 41.6 Å². The summed E-state index contributed by atoms with van der Waals surface area (Å²) in [4.78, 5) is 100. The molecule has 2 atom stereocenters. The summed E-state index contributed by atoms with van der Waals surface area (Å²) in [5.74, 6) is -3.76. The molecule has 0 fully saturated rings. The topological polar surface area (TPSA) is 243 Å². The standard InChI is InChI=1S/C66H92N6O12/c1-44(67)25-58(73)79-40-56(41-80-59(74)26-45(2)68-36-52-21-16-19-50(31-52)34-64(7,8)9)83-62(77)28-47(4)70-38-54-23-18-24-55(33-54)39-71-48(5)29-63(78)84-57(43-82-61(76)30-49(6)72-66(13,14)15)42-81-60(75)27-46(3)69-37-53-22-17-20-51(32-53)35-65(10,11)12/h16-24,31-33,56-57,67H,25-30,34-43H2,1-15H3. The first-order valence-corrected chi connectivity index (χ1v) is 28.6. The lowest BCUT2D eigenvalue weighted by atomic mass is 9.88. The molecule has 0 saturated carbocycles. The highest BCUT2D eigenvalue weighted by atomic mass is 16.6. The molecular weight excluding hydrogens is 1070 g/mol. The summed E-state index contributed by atoms with van der Waals surface area (Å²) in [6.45, 7) is 28.7. The molecule has 2 unspecified atom stereocenters. The third-order valence-corrected chi connectivity index (χ3v) is 11.8. The van der Waals surface area contributed by atoms with Crippen LogP contribution in [0.15, 0.2) is 97.8 Å². The molecule has 84 heavy (non-hydrogen) atoms. The number of nitrogens with one attached hydrogen (secondary N) is 1. The monoisotopic (exact) mass is 1160 g/mol. The van der Waals surface area contributed by atoms with Crippen molar-refractivity contribution >= 4 is 70.1 Å². The van der Waals surface area contributed by atoms with Crippen LogP contribution in [0.2, 0.25) is 0 Å². The fraction of sp³-hybridized carbons (Fsp3) is 0.545. The van der Waals surface area contributed by atoms with Crippen molar-refractivity contribution in [2.75, 3.05) is 26.4 Å². The van der Waals surface area contributed by atoms with Crippen LogP contribution in [0.5, 0.6) is 0 Å². The van der Waals surface area contributed by atoms with E-state index in [1.54, 1.807) is 34.6 Å². The van der Waals surface area contributed by atoms with Gasteiger partial charge in [0, 0.05) is 34.3 Å². The minimum Gasteiger partial charge on any atom is -0.461 e. The van der Waals surface area contributed by atoms with Gasteiger partial charge in [0.25, 0.3) is 0 Å². The van der Waals surface area contributed by atoms with Crippen LogP contribution in [0.3, 0.4) is 0 Å². The van der Waals surface area contributed by atoms with Crippen molar-refractivity contribution in [3.63, 3.8) is 0 Å². The third kappa shape index (κ3) is 33.6. The van der Waals surface area contributed by atoms with Gasteiger partial charge in [-0.15, -0.1) is 0 Å². The largest absolute Gasteiger partial charge is 0.461 e. The van der Waals surface area contributed by atoms with Gasteiger partial charge in [-0.05, 0) is 119 Å². The average molecular weight is 1160 g/mol. The molecule has 0 heterocycles. The molecule has 0 bridgehead atoms. The molecule has 3 rings (SSSR count). The van der Waals surface area contributed by atoms with Crippen LogP contribution in [0.25, 0.3) is 0 Å². The lowest BCUT2D eigenvalue weighted by Gasteiger charge is -2.19. The number of ether oxygens (including phenoxy) is 6. The van der Waals surface area contributed by atoms with E-state index in [4.69, 9.17) is 33.8 Å². The second-order valence-electron chi connectivity index (χ2n) is 25.0. The fourth-order valence-electron chi connectivity index (χ4n) is 8.36. The fourth-order valence-corrected chi connectivity index (χ4v) is 8.36. The molecular formula is C66H92N6O12. The number of hydrogen-bond donors (Lipinski definition) is 1. The molecule has 0 aliphatic rings. The maximum atomic E-state index is 13.3. The van der Waals surface area contributed by atoms with Crippen molar-refractivity contribution < 1.29 is 57.2 Å². The van der Waals surface area contributed by atoms with Gasteiger partial charge >= 0.3 is 35.8 Å². The van der Waals surface area contributed by atoms with Gasteiger partial charge in [0.2, 0.25) is 0 Å². The zero-order valence-electron chi connectivity index (χ0n) is 52.5. The molecule has 0 aliphatic carbocycles. The summed E-state index contributed by atoms with van der Waals surface area (Å²) in [5.41, 5.74) is 8.77. The lowest BCUT2D eigenvalue weighted by Crippen LogP contribution is -2.32. The van der Waals surface area contributed by atoms with Crippen LogP contribution in [0, 0.1) is 16.2 Å². The van der Waals surface area contributed by atoms with E-state index in [-0.39, 0.29) is 100 Å². The molecule has 1 N–H and O–H groups in total. The molecule has 0 saturated heterocycles. The number of aliphatic imine (C=N–C) groups is 5. The van der Waals surface area contributed by atoms with Crippen LogP contribution >= 0.6 is 0 Å². The van der Waals surface area contributed by atoms with Gasteiger partial charge in [0.15, 0.2) is 12.2 Å². The Labute approximate surface area is 498 Å². The quantitative estimate of drug-likeness (QED) is 0.0348. The average Bonchev–Trinajstić information content (AvgIpc) is 3.56. The predicted octanol–water partition coefficient (Wildman–Crippen LogP) is 11.7. The Balaban J connectivity index is 1.58. The van der Waals surface area contributed by atoms with Gasteiger partial charge in [-0.1, -0.05) is 114 Å². The maximum absolute atomic E-state index is 13.3. The van der Waals surface area contributed by atoms with Gasteiger partial charge in [-0.2, -0.15) is 0 Å². The SMILES string of the molecule is CC(=N)CC(=O)OCC(COC(=O)CC(C)=NCc1cccc(CC(C)(C)C)c1)OC(=O)CC(C)=NCc1cccc(CN=C(C)CC(=O)OC(COC(=O)CC(C)=NCc2cccc(CC(C)(C)C)c2)COC(=O)CC(C)=NC(C)(C)C)c1. The second kappa shape index (κ2) is 34.9. The summed E-state index contributed by atoms with van der Waals surface area (Å²) in [5, 5.41) is 7.62. The van der Waals surface area contributed by atoms with E-state index in [2.05, 4.69) is 90.8 Å². The molecule has 0 aliphatic heterocycles. The highest BCUT2D eigenvalue weighted by molar-refractivity contribution is 6.00. The zero-order chi connectivity index (χ0) is 62.6. The van der Waals surface area contributed by atoms with E-state index < -0.39 is 48.0 Å². The molecule has 458 valence electrons. The number of carbonyl (C=O) groups is 6. The van der Waals surface area contributed by atoms with E-state index in [0.717, 1.165) is 35.1 Å². The summed E-state index contributed by atoms with van der Waals surface area (Å²) in [6, 6.07) is 23.9. The summed E-state index contributed by atoms with van der Waals surface area (Å²) >= 11 is 0. The van der Waals surface area contributed by atoms with Crippen molar-refractivity contribution in [1.82, 2.24) is 0 Å². The van der Waals surface area contributed by atoms with E-state index in [1.807, 2.05) is 69.3 Å². The number of carbonyl (C=O) groups excluding carboxylic acids is 6. The number of rotatable bonds is 32. The molecule has 0 radical (unpaired) electrons. The van der Waals surface area contributed by atoms with Crippen LogP contribution in [0.1, 0.15) is 176 Å². The minimum absolute atomic E-state index is 0.0654. The molecule has 18 heteroatoms. The zero-order valence-corrected chi connectivity index (χ0v) is 52.5. The summed E-state index contributed by atoms with van der Waals surface area (Å²) in [6.07, 6.45) is -1.22. The number of esters is 6. The first-order valence-electron chi connectivity index (χ1n) is 28.6. The smallest absolute Gasteiger partial charge is 0.312 e. The van der Waals surface area contributed by atoms with E-state index >= 15 is 0 Å². The number of hydrogen-bond acceptors (Lipinski definition) is 18. The van der Waals surface area contributed by atoms with Gasteiger partial charge in [-0.3, -0.25) is 53.7 Å². The molecule has 18 nitrogen and oxygen atoms in total. The second-order valence-corrected chi connectivity index (χ2v) is 25.0. The minimum atomic E-state index is -1.11. The predicted molar refractivity (Wildman–Crippen MR) is 330 cm³/mol. The normalized spacial score (nSPS) is 13.6. The maximum Gasteiger partial charge on any atom is 0.312 e. The van der Waals surface area contributed by atoms with Crippen LogP contribution in [-0.4, -0.2) is 114 Å². The highest BCUT2D eigenvalue weighted by Crippen LogP contribution is 2.23. The first kappa shape index (κ1) is 70.8. The Morgan fingerprint density at radius 2 is 0.655 bits per heavy atom. The molecule has 0 aromatic heterocycles. The van der Waals surface area contributed by atoms with Gasteiger partial charge < -0.3 is 33.8 Å². The Hall–Kier alpha value is -7.50. The molecule has 3 aromatic carbocycles. The van der Waals surface area contributed by atoms with Gasteiger partial charge in [-0.25, -0.2) is 0 Å². The van der Waals surface area contributed by atoms with Crippen LogP contribution in [0.4, 0.5) is 0 Å². The van der Waals surface area contributed by atoms with E-state index in [1.165, 1.54) is 18.1 Å². The highest BCUT2D eigenvalue weighted by Gasteiger charge is 2.23. The molecule has 0 spiro atoms. The molecule has 3 aromatic rings. The lowest BCUT2D eigenvalue weighted by molar-refractivity contribution is -0.165. The third-order valence-electron chi connectivity index (χ3n) is 11.8. The van der Waals surface area contributed by atoms with Gasteiger partial charge in [0.1, 0.15) is 26.4 Å². The van der Waals surface area contributed by atoms with Crippen molar-refractivity contribution in [3.05, 3.63) is 106 Å². The number of benzene rings is 3. The molecule has 0 amide bonds. The van der Waals surface area contributed by atoms with Crippen molar-refractivity contribution in [1.29, 1.82) is 5.41 Å². The Morgan fingerprint density at radius 1 is 0.393 bits per heavy atom. The first-order chi connectivity index (χ1) is 39.3. The van der Waals surface area contributed by atoms with Crippen molar-refractivity contribution in [2.45, 2.75) is 199 Å². The van der Waals surface area contributed by atoms with Crippen LogP contribution in [-0.2, 0) is 96.2 Å². The van der Waals surface area contributed by atoms with Crippen molar-refractivity contribution in [3.8, 4) is 0 Å². The Bertz CT molecular complexity index is 2880. The summed E-state index contributed by atoms with van der Waals surface area (Å²) in [7, 11) is 0. The van der Waals surface area contributed by atoms with Gasteiger partial charge in [0.05, 0.1) is 70.2 Å². The summed E-state index contributed by atoms with van der Waals surface area (Å²) < 4.78 is 33.1. The van der Waals surface area contributed by atoms with E-state index in [9.17, 15) is 28.8 Å². The Morgan fingerprint density at radius 3 is 0.940 bits per heavy atom.